The molecule has 4 aromatic carbocycles. The second kappa shape index (κ2) is 9.97. The van der Waals surface area contributed by atoms with Crippen molar-refractivity contribution in [3.63, 3.8) is 0 Å². The lowest BCUT2D eigenvalue weighted by Crippen LogP contribution is -2.17. The predicted molar refractivity (Wildman–Crippen MR) is 161 cm³/mol. The number of nitrogens with one attached hydrogen (secondary N) is 2. The third-order valence-corrected chi connectivity index (χ3v) is 7.16. The first-order valence-electron chi connectivity index (χ1n) is 13.1. The second-order valence-corrected chi connectivity index (χ2v) is 9.66. The molecule has 7 rings (SSSR count). The minimum absolute atomic E-state index is 0.189. The lowest BCUT2D eigenvalue weighted by atomic mass is 10.1. The van der Waals surface area contributed by atoms with Crippen molar-refractivity contribution in [2.24, 2.45) is 0 Å². The van der Waals surface area contributed by atoms with E-state index in [4.69, 9.17) is 18.3 Å². The first-order valence-corrected chi connectivity index (χ1v) is 13.1. The fourth-order valence-electron chi connectivity index (χ4n) is 5.11. The van der Waals surface area contributed by atoms with Crippen LogP contribution in [0.25, 0.3) is 43.9 Å². The molecular formula is C33H23N3O6. The Bertz CT molecular complexity index is 2030. The molecule has 0 spiro atoms. The van der Waals surface area contributed by atoms with Gasteiger partial charge in [-0.1, -0.05) is 36.4 Å². The van der Waals surface area contributed by atoms with Crippen LogP contribution in [0.2, 0.25) is 0 Å². The van der Waals surface area contributed by atoms with Gasteiger partial charge < -0.3 is 28.9 Å². The van der Waals surface area contributed by atoms with E-state index in [0.29, 0.717) is 34.0 Å². The number of methoxy groups -OCH3 is 2. The monoisotopic (exact) mass is 557 g/mol. The van der Waals surface area contributed by atoms with Crippen LogP contribution in [-0.4, -0.2) is 31.0 Å². The Hall–Kier alpha value is -5.83. The predicted octanol–water partition coefficient (Wildman–Crippen LogP) is 7.40. The number of para-hydroxylation sites is 2. The summed E-state index contributed by atoms with van der Waals surface area (Å²) in [5.74, 6) is 0.00837. The summed E-state index contributed by atoms with van der Waals surface area (Å²) in [7, 11) is 3.06. The summed E-state index contributed by atoms with van der Waals surface area (Å²) in [5, 5.41) is 9.34. The van der Waals surface area contributed by atoms with Crippen molar-refractivity contribution < 1.29 is 27.9 Å². The molecule has 42 heavy (non-hydrogen) atoms. The maximum absolute atomic E-state index is 13.3. The molecule has 9 nitrogen and oxygen atoms in total. The quantitative estimate of drug-likeness (QED) is 0.219. The number of carbonyl (C=O) groups excluding carboxylic acids is 2. The standard InChI is InChI=1S/C33H23N3O6/c1-39-30-12-22-20-7-3-5-9-26(20)41-28(22)14-24(30)35-32(37)18-11-19(17-34-16-18)33(38)36-25-15-29-23(13-31(25)40-2)21-8-4-6-10-27(21)42-29/h3-17H,1-2H3,(H,35,37)(H,36,38). The lowest BCUT2D eigenvalue weighted by Gasteiger charge is -2.12. The van der Waals surface area contributed by atoms with Gasteiger partial charge in [-0.15, -0.1) is 0 Å². The molecule has 0 aliphatic carbocycles. The normalized spacial score (nSPS) is 11.3. The van der Waals surface area contributed by atoms with E-state index in [1.54, 1.807) is 12.1 Å². The number of nitrogens with zero attached hydrogens (tertiary/aromatic N) is 1. The van der Waals surface area contributed by atoms with Gasteiger partial charge in [-0.25, -0.2) is 0 Å². The fraction of sp³-hybridized carbons (Fsp3) is 0.0606. The summed E-state index contributed by atoms with van der Waals surface area (Å²) in [6.45, 7) is 0. The molecule has 0 unspecified atom stereocenters. The first kappa shape index (κ1) is 25.2. The van der Waals surface area contributed by atoms with Crippen molar-refractivity contribution in [1.82, 2.24) is 4.98 Å². The smallest absolute Gasteiger partial charge is 0.257 e. The Morgan fingerprint density at radius 3 is 1.50 bits per heavy atom. The van der Waals surface area contributed by atoms with Gasteiger partial charge in [0.25, 0.3) is 11.8 Å². The van der Waals surface area contributed by atoms with Gasteiger partial charge in [-0.2, -0.15) is 0 Å². The largest absolute Gasteiger partial charge is 0.495 e. The molecule has 0 fully saturated rings. The highest BCUT2D eigenvalue weighted by Gasteiger charge is 2.18. The molecule has 2 N–H and O–H groups in total. The number of furan rings is 2. The van der Waals surface area contributed by atoms with E-state index < -0.39 is 11.8 Å². The van der Waals surface area contributed by atoms with Crippen LogP contribution < -0.4 is 20.1 Å². The number of fused-ring (bicyclic) bond motifs is 6. The minimum atomic E-state index is -0.466. The second-order valence-electron chi connectivity index (χ2n) is 9.66. The third kappa shape index (κ3) is 4.24. The summed E-state index contributed by atoms with van der Waals surface area (Å²) in [6, 6.07) is 23.9. The van der Waals surface area contributed by atoms with E-state index in [2.05, 4.69) is 15.6 Å². The van der Waals surface area contributed by atoms with Gasteiger partial charge in [-0.3, -0.25) is 14.6 Å². The van der Waals surface area contributed by atoms with Crippen LogP contribution in [0.15, 0.2) is 100 Å². The van der Waals surface area contributed by atoms with Crippen molar-refractivity contribution in [2.75, 3.05) is 24.9 Å². The average Bonchev–Trinajstić information content (AvgIpc) is 3.57. The highest BCUT2D eigenvalue weighted by Crippen LogP contribution is 2.38. The Labute approximate surface area is 238 Å². The van der Waals surface area contributed by atoms with Crippen LogP contribution in [0.3, 0.4) is 0 Å². The molecule has 3 heterocycles. The van der Waals surface area contributed by atoms with Gasteiger partial charge >= 0.3 is 0 Å². The van der Waals surface area contributed by atoms with Gasteiger partial charge in [0.05, 0.1) is 36.7 Å². The zero-order valence-electron chi connectivity index (χ0n) is 22.6. The Kier molecular flexibility index (Phi) is 5.97. The number of amides is 2. The van der Waals surface area contributed by atoms with E-state index in [9.17, 15) is 9.59 Å². The zero-order chi connectivity index (χ0) is 28.8. The van der Waals surface area contributed by atoms with Crippen LogP contribution in [0, 0.1) is 0 Å². The van der Waals surface area contributed by atoms with E-state index in [0.717, 1.165) is 32.7 Å². The summed E-state index contributed by atoms with van der Waals surface area (Å²) >= 11 is 0. The zero-order valence-corrected chi connectivity index (χ0v) is 22.6. The molecule has 0 aliphatic rings. The van der Waals surface area contributed by atoms with E-state index >= 15 is 0 Å². The van der Waals surface area contributed by atoms with Gasteiger partial charge in [0.1, 0.15) is 33.8 Å². The Balaban J connectivity index is 1.16. The number of pyridine rings is 1. The molecule has 0 bridgehead atoms. The molecule has 0 aliphatic heterocycles. The van der Waals surface area contributed by atoms with Gasteiger partial charge in [0.15, 0.2) is 0 Å². The number of carbonyl (C=O) groups is 2. The molecule has 0 saturated carbocycles. The van der Waals surface area contributed by atoms with Crippen LogP contribution in [0.1, 0.15) is 20.7 Å². The SMILES string of the molecule is COc1cc2c(cc1NC(=O)c1cncc(C(=O)Nc3cc4oc5ccccc5c4cc3OC)c1)oc1ccccc12. The summed E-state index contributed by atoms with van der Waals surface area (Å²) in [4.78, 5) is 30.6. The van der Waals surface area contributed by atoms with Crippen molar-refractivity contribution >= 4 is 67.1 Å². The Morgan fingerprint density at radius 2 is 1.05 bits per heavy atom. The molecule has 0 atom stereocenters. The van der Waals surface area contributed by atoms with Crippen LogP contribution in [-0.2, 0) is 0 Å². The first-order chi connectivity index (χ1) is 20.5. The molecule has 206 valence electrons. The summed E-state index contributed by atoms with van der Waals surface area (Å²) in [5.41, 5.74) is 3.90. The highest BCUT2D eigenvalue weighted by atomic mass is 16.5. The molecule has 0 saturated heterocycles. The molecule has 3 aromatic heterocycles. The van der Waals surface area contributed by atoms with Gasteiger partial charge in [0.2, 0.25) is 0 Å². The van der Waals surface area contributed by atoms with Gasteiger partial charge in [0, 0.05) is 46.1 Å². The number of hydrogen-bond donors (Lipinski definition) is 2. The van der Waals surface area contributed by atoms with Crippen molar-refractivity contribution in [3.8, 4) is 11.5 Å². The average molecular weight is 558 g/mol. The number of anilines is 2. The topological polar surface area (TPSA) is 116 Å². The van der Waals surface area contributed by atoms with Crippen molar-refractivity contribution in [3.05, 3.63) is 102 Å². The van der Waals surface area contributed by atoms with E-state index in [1.807, 2.05) is 60.7 Å². The number of ether oxygens (including phenoxy) is 2. The lowest BCUT2D eigenvalue weighted by molar-refractivity contribution is 0.102. The number of aromatic nitrogens is 1. The van der Waals surface area contributed by atoms with Crippen LogP contribution in [0.5, 0.6) is 11.5 Å². The molecule has 2 amide bonds. The number of rotatable bonds is 6. The molecule has 9 heteroatoms. The number of hydrogen-bond acceptors (Lipinski definition) is 7. The maximum Gasteiger partial charge on any atom is 0.257 e. The maximum atomic E-state index is 13.3. The van der Waals surface area contributed by atoms with Crippen molar-refractivity contribution in [1.29, 1.82) is 0 Å². The molecule has 0 radical (unpaired) electrons. The van der Waals surface area contributed by atoms with Crippen LogP contribution >= 0.6 is 0 Å². The van der Waals surface area contributed by atoms with E-state index in [1.165, 1.54) is 32.7 Å². The van der Waals surface area contributed by atoms with E-state index in [-0.39, 0.29) is 11.1 Å². The van der Waals surface area contributed by atoms with Crippen LogP contribution in [0.4, 0.5) is 11.4 Å². The van der Waals surface area contributed by atoms with Crippen molar-refractivity contribution in [2.45, 2.75) is 0 Å². The highest BCUT2D eigenvalue weighted by molar-refractivity contribution is 6.12. The molecular weight excluding hydrogens is 534 g/mol. The molecule has 7 aromatic rings. The fourth-order valence-corrected chi connectivity index (χ4v) is 5.11. The Morgan fingerprint density at radius 1 is 0.595 bits per heavy atom. The summed E-state index contributed by atoms with van der Waals surface area (Å²) < 4.78 is 23.0. The summed E-state index contributed by atoms with van der Waals surface area (Å²) in [6.07, 6.45) is 2.78. The minimum Gasteiger partial charge on any atom is -0.495 e. The van der Waals surface area contributed by atoms with Gasteiger partial charge in [-0.05, 0) is 30.3 Å². The third-order valence-electron chi connectivity index (χ3n) is 7.16. The number of benzene rings is 4.